The molecule has 3 aromatic rings. The molecule has 28 heavy (non-hydrogen) atoms. The largest absolute Gasteiger partial charge is 0.424 e. The summed E-state index contributed by atoms with van der Waals surface area (Å²) in [6, 6.07) is 9.41. The van der Waals surface area contributed by atoms with Gasteiger partial charge in [0.15, 0.2) is 0 Å². The molecule has 0 fully saturated rings. The van der Waals surface area contributed by atoms with Crippen LogP contribution in [0.25, 0.3) is 0 Å². The number of carbonyl (C=O) groups excluding carboxylic acids is 1. The fraction of sp³-hybridized carbons (Fsp3) is 0.250. The lowest BCUT2D eigenvalue weighted by molar-refractivity contribution is -0.116. The summed E-state index contributed by atoms with van der Waals surface area (Å²) in [6.45, 7) is 6.81. The van der Waals surface area contributed by atoms with Crippen LogP contribution in [0.3, 0.4) is 0 Å². The normalized spacial score (nSPS) is 10.6. The van der Waals surface area contributed by atoms with E-state index in [1.165, 1.54) is 10.9 Å². The minimum Gasteiger partial charge on any atom is -0.424 e. The second kappa shape index (κ2) is 7.99. The standard InChI is InChI=1S/C20H21N5O3/c1-12-13(2)21-11-25(19(12)27)10-17(26)24-18-14(3)22-20(23-15(18)4)28-16-8-6-5-7-9-16/h5-9,11H,10H2,1-4H3,(H,24,26). The average Bonchev–Trinajstić information content (AvgIpc) is 2.66. The highest BCUT2D eigenvalue weighted by Gasteiger charge is 2.14. The van der Waals surface area contributed by atoms with Crippen molar-refractivity contribution in [2.75, 3.05) is 5.32 Å². The first-order valence-electron chi connectivity index (χ1n) is 8.75. The molecule has 1 aromatic carbocycles. The van der Waals surface area contributed by atoms with Gasteiger partial charge in [0.05, 0.1) is 23.4 Å². The summed E-state index contributed by atoms with van der Waals surface area (Å²) >= 11 is 0. The number of anilines is 1. The number of hydrogen-bond acceptors (Lipinski definition) is 6. The maximum atomic E-state index is 12.4. The fourth-order valence-corrected chi connectivity index (χ4v) is 2.63. The molecule has 144 valence electrons. The molecular formula is C20H21N5O3. The molecule has 2 heterocycles. The number of para-hydroxylation sites is 1. The van der Waals surface area contributed by atoms with E-state index in [2.05, 4.69) is 20.3 Å². The van der Waals surface area contributed by atoms with Crippen molar-refractivity contribution >= 4 is 11.6 Å². The molecule has 0 aliphatic carbocycles. The van der Waals surface area contributed by atoms with Crippen LogP contribution in [0.5, 0.6) is 11.8 Å². The van der Waals surface area contributed by atoms with Gasteiger partial charge in [0.2, 0.25) is 5.91 Å². The Morgan fingerprint density at radius 3 is 2.32 bits per heavy atom. The second-order valence-electron chi connectivity index (χ2n) is 6.40. The third kappa shape index (κ3) is 4.22. The van der Waals surface area contributed by atoms with Crippen molar-refractivity contribution < 1.29 is 9.53 Å². The second-order valence-corrected chi connectivity index (χ2v) is 6.40. The van der Waals surface area contributed by atoms with Crippen molar-refractivity contribution in [3.05, 3.63) is 69.7 Å². The molecular weight excluding hydrogens is 358 g/mol. The Kier molecular flexibility index (Phi) is 5.49. The van der Waals surface area contributed by atoms with Gasteiger partial charge >= 0.3 is 6.01 Å². The molecule has 0 saturated carbocycles. The fourth-order valence-electron chi connectivity index (χ4n) is 2.63. The number of hydrogen-bond donors (Lipinski definition) is 1. The van der Waals surface area contributed by atoms with Gasteiger partial charge in [0.25, 0.3) is 5.56 Å². The van der Waals surface area contributed by atoms with Crippen LogP contribution < -0.4 is 15.6 Å². The highest BCUT2D eigenvalue weighted by atomic mass is 16.5. The van der Waals surface area contributed by atoms with Crippen molar-refractivity contribution in [3.8, 4) is 11.8 Å². The zero-order valence-corrected chi connectivity index (χ0v) is 16.2. The van der Waals surface area contributed by atoms with E-state index in [1.807, 2.05) is 18.2 Å². The molecule has 0 spiro atoms. The van der Waals surface area contributed by atoms with Crippen LogP contribution in [0.2, 0.25) is 0 Å². The molecule has 0 aliphatic heterocycles. The van der Waals surface area contributed by atoms with E-state index in [-0.39, 0.29) is 24.0 Å². The first-order valence-corrected chi connectivity index (χ1v) is 8.75. The number of carbonyl (C=O) groups is 1. The zero-order chi connectivity index (χ0) is 20.3. The third-order valence-corrected chi connectivity index (χ3v) is 4.30. The first kappa shape index (κ1) is 19.2. The molecule has 2 aromatic heterocycles. The van der Waals surface area contributed by atoms with Crippen molar-refractivity contribution in [2.24, 2.45) is 0 Å². The van der Waals surface area contributed by atoms with Gasteiger partial charge in [0.1, 0.15) is 12.3 Å². The van der Waals surface area contributed by atoms with Gasteiger partial charge in [-0.1, -0.05) is 18.2 Å². The number of aryl methyl sites for hydroxylation is 3. The van der Waals surface area contributed by atoms with E-state index in [0.717, 1.165) is 0 Å². The monoisotopic (exact) mass is 379 g/mol. The van der Waals surface area contributed by atoms with E-state index in [4.69, 9.17) is 4.74 Å². The predicted octanol–water partition coefficient (Wildman–Crippen LogP) is 2.70. The van der Waals surface area contributed by atoms with Gasteiger partial charge in [-0.05, 0) is 39.8 Å². The summed E-state index contributed by atoms with van der Waals surface area (Å²) in [5.74, 6) is 0.262. The molecule has 0 unspecified atom stereocenters. The Hall–Kier alpha value is -3.55. The first-order chi connectivity index (χ1) is 13.3. The van der Waals surface area contributed by atoms with Crippen LogP contribution in [0, 0.1) is 27.7 Å². The maximum Gasteiger partial charge on any atom is 0.322 e. The molecule has 0 atom stereocenters. The molecule has 0 radical (unpaired) electrons. The van der Waals surface area contributed by atoms with Gasteiger partial charge in [-0.2, -0.15) is 9.97 Å². The van der Waals surface area contributed by atoms with Crippen molar-refractivity contribution in [1.82, 2.24) is 19.5 Å². The number of nitrogens with one attached hydrogen (secondary N) is 1. The van der Waals surface area contributed by atoms with Crippen LogP contribution >= 0.6 is 0 Å². The maximum absolute atomic E-state index is 12.4. The summed E-state index contributed by atoms with van der Waals surface area (Å²) in [5, 5.41) is 2.77. The Bertz CT molecular complexity index is 1050. The SMILES string of the molecule is Cc1nc(Oc2ccccc2)nc(C)c1NC(=O)Cn1cnc(C)c(C)c1=O. The average molecular weight is 379 g/mol. The van der Waals surface area contributed by atoms with Crippen LogP contribution in [0.4, 0.5) is 5.69 Å². The summed E-state index contributed by atoms with van der Waals surface area (Å²) in [7, 11) is 0. The van der Waals surface area contributed by atoms with Crippen LogP contribution in [-0.4, -0.2) is 25.4 Å². The van der Waals surface area contributed by atoms with Crippen LogP contribution in [-0.2, 0) is 11.3 Å². The number of rotatable bonds is 5. The van der Waals surface area contributed by atoms with Crippen molar-refractivity contribution in [1.29, 1.82) is 0 Å². The predicted molar refractivity (Wildman–Crippen MR) is 105 cm³/mol. The molecule has 1 N–H and O–H groups in total. The Balaban J connectivity index is 1.76. The van der Waals surface area contributed by atoms with Gasteiger partial charge in [-0.25, -0.2) is 4.98 Å². The van der Waals surface area contributed by atoms with E-state index >= 15 is 0 Å². The molecule has 3 rings (SSSR count). The highest BCUT2D eigenvalue weighted by molar-refractivity contribution is 5.91. The van der Waals surface area contributed by atoms with Gasteiger partial charge in [-0.3, -0.25) is 14.2 Å². The van der Waals surface area contributed by atoms with Crippen LogP contribution in [0.15, 0.2) is 41.5 Å². The lowest BCUT2D eigenvalue weighted by atomic mass is 10.2. The van der Waals surface area contributed by atoms with Crippen LogP contribution in [0.1, 0.15) is 22.6 Å². The van der Waals surface area contributed by atoms with E-state index < -0.39 is 0 Å². The number of amides is 1. The third-order valence-electron chi connectivity index (χ3n) is 4.30. The molecule has 1 amide bonds. The Morgan fingerprint density at radius 1 is 1.04 bits per heavy atom. The number of nitrogens with zero attached hydrogens (tertiary/aromatic N) is 4. The smallest absolute Gasteiger partial charge is 0.322 e. The molecule has 0 aliphatic rings. The van der Waals surface area contributed by atoms with Gasteiger partial charge in [0, 0.05) is 11.3 Å². The van der Waals surface area contributed by atoms with Crippen molar-refractivity contribution in [2.45, 2.75) is 34.2 Å². The lowest BCUT2D eigenvalue weighted by Gasteiger charge is -2.13. The Labute approximate surface area is 162 Å². The van der Waals surface area contributed by atoms with E-state index in [1.54, 1.807) is 39.8 Å². The minimum absolute atomic E-state index is 0.145. The molecule has 8 heteroatoms. The molecule has 0 saturated heterocycles. The number of benzene rings is 1. The Morgan fingerprint density at radius 2 is 1.68 bits per heavy atom. The topological polar surface area (TPSA) is 99.0 Å². The minimum atomic E-state index is -0.362. The summed E-state index contributed by atoms with van der Waals surface area (Å²) in [6.07, 6.45) is 1.37. The van der Waals surface area contributed by atoms with Gasteiger partial charge in [-0.15, -0.1) is 0 Å². The summed E-state index contributed by atoms with van der Waals surface area (Å²) in [5.41, 5.74) is 2.56. The summed E-state index contributed by atoms with van der Waals surface area (Å²) in [4.78, 5) is 37.4. The van der Waals surface area contributed by atoms with E-state index in [9.17, 15) is 9.59 Å². The zero-order valence-electron chi connectivity index (χ0n) is 16.2. The molecule has 0 bridgehead atoms. The molecule has 8 nitrogen and oxygen atoms in total. The summed E-state index contributed by atoms with van der Waals surface area (Å²) < 4.78 is 6.92. The number of ether oxygens (including phenoxy) is 1. The van der Waals surface area contributed by atoms with Gasteiger partial charge < -0.3 is 10.1 Å². The highest BCUT2D eigenvalue weighted by Crippen LogP contribution is 2.23. The number of aromatic nitrogens is 4. The van der Waals surface area contributed by atoms with E-state index in [0.29, 0.717) is 34.1 Å². The lowest BCUT2D eigenvalue weighted by Crippen LogP contribution is -2.30. The van der Waals surface area contributed by atoms with Crippen molar-refractivity contribution in [3.63, 3.8) is 0 Å². The quantitative estimate of drug-likeness (QED) is 0.732.